The molecule has 3 saturated carbocycles. The zero-order valence-corrected chi connectivity index (χ0v) is 36.6. The van der Waals surface area contributed by atoms with Crippen molar-refractivity contribution in [2.24, 2.45) is 17.8 Å². The van der Waals surface area contributed by atoms with Gasteiger partial charge in [-0.15, -0.1) is 0 Å². The standard InChI is InChI=1S/C43H70O22/c1-17-39(65-30(48)10-4-18-3-9-23(47)26(11-18)57-2)35(53)38(56)41(59-17)58-16-29-32(50)34(52)37(55)43(64-29)62-27-14-22-24(60-40(27)19-5-7-20(45)8-6-19)12-21(46)13-25(22)61-42-36(54)33(51)31(49)28(15-44)63-42/h4,10,17-29,31-47,49-56H,3,5-9,11-16H2,1-2H3/t17-,18?,19?,20?,21?,22?,23?,24?,25?,26?,27?,28+,29+,31+,32+,33-,34-,35-,36+,37+,38+,39-,40?,41+,42+,43+/m0/s1. The number of methoxy groups -OCH3 is 1. The van der Waals surface area contributed by atoms with Gasteiger partial charge in [0.15, 0.2) is 25.0 Å². The van der Waals surface area contributed by atoms with Gasteiger partial charge < -0.3 is 104 Å². The maximum absolute atomic E-state index is 12.8. The quantitative estimate of drug-likeness (QED) is 0.0618. The van der Waals surface area contributed by atoms with Gasteiger partial charge in [-0.1, -0.05) is 6.08 Å². The molecule has 4 aliphatic heterocycles. The Morgan fingerprint density at radius 3 is 1.91 bits per heavy atom. The third-order valence-corrected chi connectivity index (χ3v) is 14.6. The summed E-state index contributed by atoms with van der Waals surface area (Å²) in [5.74, 6) is -1.51. The fourth-order valence-electron chi connectivity index (χ4n) is 10.7. The molecule has 0 radical (unpaired) electrons. The van der Waals surface area contributed by atoms with Gasteiger partial charge in [0.05, 0.1) is 68.1 Å². The maximum atomic E-state index is 12.8. The van der Waals surface area contributed by atoms with E-state index in [9.17, 15) is 66.1 Å². The Balaban J connectivity index is 0.995. The lowest BCUT2D eigenvalue weighted by atomic mass is 9.73. The normalized spacial score (nSPS) is 51.0. The monoisotopic (exact) mass is 938 g/mol. The van der Waals surface area contributed by atoms with Gasteiger partial charge in [-0.3, -0.25) is 0 Å². The molecule has 12 N–H and O–H groups in total. The average Bonchev–Trinajstić information content (AvgIpc) is 3.29. The summed E-state index contributed by atoms with van der Waals surface area (Å²) < 4.78 is 53.4. The van der Waals surface area contributed by atoms with Crippen molar-refractivity contribution < 1.29 is 109 Å². The predicted molar refractivity (Wildman–Crippen MR) is 216 cm³/mol. The van der Waals surface area contributed by atoms with E-state index in [0.717, 1.165) is 0 Å². The summed E-state index contributed by atoms with van der Waals surface area (Å²) in [6.45, 7) is 0.287. The van der Waals surface area contributed by atoms with Crippen molar-refractivity contribution >= 4 is 5.97 Å². The fourth-order valence-corrected chi connectivity index (χ4v) is 10.7. The van der Waals surface area contributed by atoms with Crippen LogP contribution in [0.5, 0.6) is 0 Å². The van der Waals surface area contributed by atoms with E-state index < -0.39 is 160 Å². The molecule has 65 heavy (non-hydrogen) atoms. The lowest BCUT2D eigenvalue weighted by Crippen LogP contribution is -2.63. The maximum Gasteiger partial charge on any atom is 0.330 e. The Kier molecular flexibility index (Phi) is 17.7. The largest absolute Gasteiger partial charge is 0.454 e. The van der Waals surface area contributed by atoms with Crippen LogP contribution in [0, 0.1) is 17.8 Å². The van der Waals surface area contributed by atoms with E-state index in [4.69, 9.17) is 42.6 Å². The molecule has 0 spiro atoms. The van der Waals surface area contributed by atoms with Gasteiger partial charge in [-0.2, -0.15) is 0 Å². The van der Waals surface area contributed by atoms with Gasteiger partial charge in [0.1, 0.15) is 61.0 Å². The summed E-state index contributed by atoms with van der Waals surface area (Å²) in [6.07, 6.45) is -21.5. The molecule has 7 fully saturated rings. The smallest absolute Gasteiger partial charge is 0.330 e. The molecule has 4 heterocycles. The average molecular weight is 939 g/mol. The molecule has 0 aromatic carbocycles. The number of esters is 1. The highest BCUT2D eigenvalue weighted by Gasteiger charge is 2.54. The highest BCUT2D eigenvalue weighted by atomic mass is 16.7. The molecule has 374 valence electrons. The van der Waals surface area contributed by atoms with E-state index in [-0.39, 0.29) is 37.2 Å². The number of hydrogen-bond acceptors (Lipinski definition) is 22. The molecule has 7 rings (SSSR count). The minimum Gasteiger partial charge on any atom is -0.454 e. The Bertz CT molecular complexity index is 1530. The molecule has 0 aromatic rings. The topological polar surface area (TPSA) is 343 Å². The Morgan fingerprint density at radius 2 is 1.25 bits per heavy atom. The van der Waals surface area contributed by atoms with E-state index in [2.05, 4.69) is 0 Å². The fraction of sp³-hybridized carbons (Fsp3) is 0.930. The van der Waals surface area contributed by atoms with E-state index in [0.29, 0.717) is 44.9 Å². The number of carbonyl (C=O) groups is 1. The summed E-state index contributed by atoms with van der Waals surface area (Å²) in [6, 6.07) is 0. The third-order valence-electron chi connectivity index (χ3n) is 14.6. The summed E-state index contributed by atoms with van der Waals surface area (Å²) in [7, 11) is 1.51. The molecule has 3 aliphatic carbocycles. The number of hydrogen-bond donors (Lipinski definition) is 12. The van der Waals surface area contributed by atoms with Crippen LogP contribution in [-0.4, -0.2) is 229 Å². The zero-order valence-electron chi connectivity index (χ0n) is 36.6. The molecule has 4 saturated heterocycles. The summed E-state index contributed by atoms with van der Waals surface area (Å²) in [4.78, 5) is 12.8. The van der Waals surface area contributed by atoms with Gasteiger partial charge in [0, 0.05) is 25.5 Å². The van der Waals surface area contributed by atoms with Crippen molar-refractivity contribution in [1.29, 1.82) is 0 Å². The van der Waals surface area contributed by atoms with Crippen LogP contribution >= 0.6 is 0 Å². The van der Waals surface area contributed by atoms with Crippen LogP contribution in [0.4, 0.5) is 0 Å². The molecule has 24 atom stereocenters. The van der Waals surface area contributed by atoms with Crippen molar-refractivity contribution in [2.75, 3.05) is 20.3 Å². The SMILES string of the molecule is COC1CC(C=CC(=O)O[C@@H]2[C@@H](O)[C@@H](O)[C@H](OC[C@H]3O[C@@H](OC4CC5C(CC(O)CC5O[C@@H]5O[C@H](CO)[C@@H](O)[C@H](O)[C@H]5O)OC4C4CCC(O)CC4)[C@H](O)[C@@H](O)[C@@H]3O)O[C@H]2C)CCC1O. The second kappa shape index (κ2) is 22.4. The Morgan fingerprint density at radius 1 is 0.615 bits per heavy atom. The summed E-state index contributed by atoms with van der Waals surface area (Å²) >= 11 is 0. The number of fused-ring (bicyclic) bond motifs is 1. The number of rotatable bonds is 13. The van der Waals surface area contributed by atoms with Gasteiger partial charge in [0.25, 0.3) is 0 Å². The second-order valence-electron chi connectivity index (χ2n) is 19.0. The summed E-state index contributed by atoms with van der Waals surface area (Å²) in [5, 5.41) is 128. The number of aliphatic hydroxyl groups is 12. The first-order valence-electron chi connectivity index (χ1n) is 23.0. The highest BCUT2D eigenvalue weighted by Crippen LogP contribution is 2.45. The Labute approximate surface area is 376 Å². The lowest BCUT2D eigenvalue weighted by molar-refractivity contribution is -0.351. The van der Waals surface area contributed by atoms with Crippen LogP contribution in [0.1, 0.15) is 71.1 Å². The van der Waals surface area contributed by atoms with Gasteiger partial charge in [-0.05, 0) is 76.5 Å². The molecule has 0 aromatic heterocycles. The predicted octanol–water partition coefficient (Wildman–Crippen LogP) is -4.03. The van der Waals surface area contributed by atoms with Crippen LogP contribution in [-0.2, 0) is 47.4 Å². The number of ether oxygens (including phenoxy) is 9. The van der Waals surface area contributed by atoms with Gasteiger partial charge in [0.2, 0.25) is 0 Å². The highest BCUT2D eigenvalue weighted by molar-refractivity contribution is 5.82. The Hall–Kier alpha value is -1.59. The third kappa shape index (κ3) is 11.7. The molecule has 9 unspecified atom stereocenters. The second-order valence-corrected chi connectivity index (χ2v) is 19.0. The van der Waals surface area contributed by atoms with E-state index in [1.54, 1.807) is 6.08 Å². The first-order valence-corrected chi connectivity index (χ1v) is 23.0. The molecular weight excluding hydrogens is 868 g/mol. The number of carbonyl (C=O) groups excluding carboxylic acids is 1. The van der Waals surface area contributed by atoms with E-state index in [1.165, 1.54) is 20.1 Å². The number of allylic oxidation sites excluding steroid dienone is 1. The summed E-state index contributed by atoms with van der Waals surface area (Å²) in [5.41, 5.74) is 0. The zero-order chi connectivity index (χ0) is 46.9. The molecule has 22 heteroatoms. The molecular formula is C43H70O22. The van der Waals surface area contributed by atoms with Crippen LogP contribution < -0.4 is 0 Å². The van der Waals surface area contributed by atoms with E-state index >= 15 is 0 Å². The van der Waals surface area contributed by atoms with Crippen molar-refractivity contribution in [3.63, 3.8) is 0 Å². The minimum absolute atomic E-state index is 0.0464. The minimum atomic E-state index is -1.81. The lowest BCUT2D eigenvalue weighted by Gasteiger charge is -2.52. The van der Waals surface area contributed by atoms with Crippen LogP contribution in [0.2, 0.25) is 0 Å². The van der Waals surface area contributed by atoms with Gasteiger partial charge in [-0.25, -0.2) is 4.79 Å². The molecule has 22 nitrogen and oxygen atoms in total. The van der Waals surface area contributed by atoms with Crippen molar-refractivity contribution in [3.05, 3.63) is 12.2 Å². The van der Waals surface area contributed by atoms with Crippen molar-refractivity contribution in [2.45, 2.75) is 212 Å². The van der Waals surface area contributed by atoms with Crippen molar-refractivity contribution in [1.82, 2.24) is 0 Å². The van der Waals surface area contributed by atoms with Crippen LogP contribution in [0.3, 0.4) is 0 Å². The number of aliphatic hydroxyl groups excluding tert-OH is 12. The van der Waals surface area contributed by atoms with E-state index in [1.807, 2.05) is 0 Å². The van der Waals surface area contributed by atoms with Gasteiger partial charge >= 0.3 is 5.97 Å². The first kappa shape index (κ1) is 51.3. The first-order chi connectivity index (χ1) is 31.0. The van der Waals surface area contributed by atoms with Crippen LogP contribution in [0.15, 0.2) is 12.2 Å². The molecule has 7 aliphatic rings. The van der Waals surface area contributed by atoms with Crippen LogP contribution in [0.25, 0.3) is 0 Å². The molecule has 0 amide bonds. The molecule has 0 bridgehead atoms. The van der Waals surface area contributed by atoms with Crippen molar-refractivity contribution in [3.8, 4) is 0 Å².